The van der Waals surface area contributed by atoms with Crippen LogP contribution in [0.2, 0.25) is 0 Å². The van der Waals surface area contributed by atoms with Crippen molar-refractivity contribution in [3.05, 3.63) is 17.2 Å². The van der Waals surface area contributed by atoms with Gasteiger partial charge in [0, 0.05) is 5.38 Å². The average Bonchev–Trinajstić information content (AvgIpc) is 2.54. The standard InChI is InChI=1S/C9H12N2O2S/c1-3-6(8(12)13-4-2)7-5-14-9(10)11-7/h3,5H,4H2,1-2H3,(H2,10,11). The highest BCUT2D eigenvalue weighted by Gasteiger charge is 2.14. The number of hydrogen-bond acceptors (Lipinski definition) is 5. The third kappa shape index (κ3) is 2.32. The van der Waals surface area contributed by atoms with Gasteiger partial charge in [0.1, 0.15) is 0 Å². The van der Waals surface area contributed by atoms with E-state index in [-0.39, 0.29) is 5.97 Å². The van der Waals surface area contributed by atoms with Crippen LogP contribution in [-0.4, -0.2) is 17.6 Å². The van der Waals surface area contributed by atoms with Crippen molar-refractivity contribution in [1.29, 1.82) is 0 Å². The van der Waals surface area contributed by atoms with Gasteiger partial charge in [-0.05, 0) is 13.8 Å². The van der Waals surface area contributed by atoms with E-state index in [1.165, 1.54) is 11.3 Å². The molecule has 1 heterocycles. The predicted molar refractivity (Wildman–Crippen MR) is 56.8 cm³/mol. The Morgan fingerprint density at radius 2 is 2.50 bits per heavy atom. The topological polar surface area (TPSA) is 65.2 Å². The van der Waals surface area contributed by atoms with Crippen molar-refractivity contribution in [3.8, 4) is 0 Å². The summed E-state index contributed by atoms with van der Waals surface area (Å²) >= 11 is 1.30. The molecule has 0 aliphatic heterocycles. The molecule has 1 aromatic rings. The fourth-order valence-electron chi connectivity index (χ4n) is 0.990. The summed E-state index contributed by atoms with van der Waals surface area (Å²) in [6, 6.07) is 0. The summed E-state index contributed by atoms with van der Waals surface area (Å²) in [5.41, 5.74) is 6.51. The molecule has 0 bridgehead atoms. The lowest BCUT2D eigenvalue weighted by molar-refractivity contribution is -0.136. The van der Waals surface area contributed by atoms with Crippen molar-refractivity contribution in [2.24, 2.45) is 0 Å². The van der Waals surface area contributed by atoms with Crippen molar-refractivity contribution < 1.29 is 9.53 Å². The Morgan fingerprint density at radius 3 is 2.93 bits per heavy atom. The molecule has 1 aromatic heterocycles. The molecule has 0 spiro atoms. The highest BCUT2D eigenvalue weighted by Crippen LogP contribution is 2.20. The third-order valence-electron chi connectivity index (χ3n) is 1.58. The summed E-state index contributed by atoms with van der Waals surface area (Å²) in [7, 11) is 0. The normalized spacial score (nSPS) is 11.4. The highest BCUT2D eigenvalue weighted by atomic mass is 32.1. The minimum Gasteiger partial charge on any atom is -0.462 e. The van der Waals surface area contributed by atoms with Crippen LogP contribution in [0.1, 0.15) is 19.5 Å². The molecule has 0 aromatic carbocycles. The molecule has 1 rings (SSSR count). The predicted octanol–water partition coefficient (Wildman–Crippen LogP) is 1.69. The first-order chi connectivity index (χ1) is 6.69. The summed E-state index contributed by atoms with van der Waals surface area (Å²) in [6.07, 6.45) is 1.67. The lowest BCUT2D eigenvalue weighted by atomic mass is 10.2. The Morgan fingerprint density at radius 1 is 1.79 bits per heavy atom. The van der Waals surface area contributed by atoms with Crippen molar-refractivity contribution in [2.45, 2.75) is 13.8 Å². The molecule has 0 unspecified atom stereocenters. The van der Waals surface area contributed by atoms with Crippen LogP contribution >= 0.6 is 11.3 Å². The van der Waals surface area contributed by atoms with E-state index in [1.54, 1.807) is 25.3 Å². The van der Waals surface area contributed by atoms with E-state index in [1.807, 2.05) is 0 Å². The van der Waals surface area contributed by atoms with E-state index in [9.17, 15) is 4.79 Å². The monoisotopic (exact) mass is 212 g/mol. The summed E-state index contributed by atoms with van der Waals surface area (Å²) in [4.78, 5) is 15.4. The van der Waals surface area contributed by atoms with Gasteiger partial charge in [0.15, 0.2) is 5.13 Å². The van der Waals surface area contributed by atoms with Gasteiger partial charge in [-0.15, -0.1) is 11.3 Å². The van der Waals surface area contributed by atoms with Crippen LogP contribution < -0.4 is 5.73 Å². The molecular formula is C9H12N2O2S. The molecule has 5 heteroatoms. The van der Waals surface area contributed by atoms with Crippen LogP contribution in [0.15, 0.2) is 11.5 Å². The average molecular weight is 212 g/mol. The van der Waals surface area contributed by atoms with Gasteiger partial charge in [-0.2, -0.15) is 0 Å². The zero-order chi connectivity index (χ0) is 10.6. The Hall–Kier alpha value is -1.36. The quantitative estimate of drug-likeness (QED) is 0.611. The second-order valence-corrected chi connectivity index (χ2v) is 3.38. The van der Waals surface area contributed by atoms with Crippen molar-refractivity contribution in [3.63, 3.8) is 0 Å². The van der Waals surface area contributed by atoms with Gasteiger partial charge < -0.3 is 10.5 Å². The first-order valence-electron chi connectivity index (χ1n) is 4.23. The van der Waals surface area contributed by atoms with Gasteiger partial charge in [-0.3, -0.25) is 0 Å². The largest absolute Gasteiger partial charge is 0.462 e. The first-order valence-corrected chi connectivity index (χ1v) is 5.11. The Kier molecular flexibility index (Phi) is 3.64. The van der Waals surface area contributed by atoms with E-state index in [0.29, 0.717) is 23.0 Å². The number of nitrogens with two attached hydrogens (primary N) is 1. The maximum atomic E-state index is 11.4. The van der Waals surface area contributed by atoms with Gasteiger partial charge in [-0.1, -0.05) is 6.08 Å². The number of nitrogen functional groups attached to an aromatic ring is 1. The minimum absolute atomic E-state index is 0.357. The molecule has 4 nitrogen and oxygen atoms in total. The number of anilines is 1. The van der Waals surface area contributed by atoms with Crippen LogP contribution in [0.25, 0.3) is 5.57 Å². The maximum Gasteiger partial charge on any atom is 0.340 e. The number of ether oxygens (including phenoxy) is 1. The summed E-state index contributed by atoms with van der Waals surface area (Å²) < 4.78 is 4.88. The van der Waals surface area contributed by atoms with E-state index < -0.39 is 0 Å². The molecule has 76 valence electrons. The summed E-state index contributed by atoms with van der Waals surface area (Å²) in [5.74, 6) is -0.361. The number of esters is 1. The summed E-state index contributed by atoms with van der Waals surface area (Å²) in [5, 5.41) is 2.19. The lowest BCUT2D eigenvalue weighted by Gasteiger charge is -2.02. The van der Waals surface area contributed by atoms with Gasteiger partial charge in [0.2, 0.25) is 0 Å². The number of carbonyl (C=O) groups is 1. The zero-order valence-electron chi connectivity index (χ0n) is 8.11. The number of allylic oxidation sites excluding steroid dienone is 1. The van der Waals surface area contributed by atoms with Crippen LogP contribution in [0, 0.1) is 0 Å². The minimum atomic E-state index is -0.361. The van der Waals surface area contributed by atoms with Crippen molar-refractivity contribution >= 4 is 28.0 Å². The maximum absolute atomic E-state index is 11.4. The van der Waals surface area contributed by atoms with Crippen molar-refractivity contribution in [2.75, 3.05) is 12.3 Å². The molecule has 0 radical (unpaired) electrons. The fraction of sp³-hybridized carbons (Fsp3) is 0.333. The molecule has 0 saturated heterocycles. The molecule has 0 fully saturated rings. The van der Waals surface area contributed by atoms with Gasteiger partial charge in [0.25, 0.3) is 0 Å². The number of carbonyl (C=O) groups excluding carboxylic acids is 1. The molecule has 14 heavy (non-hydrogen) atoms. The first kappa shape index (κ1) is 10.7. The molecule has 0 amide bonds. The Balaban J connectivity index is 2.88. The van der Waals surface area contributed by atoms with Crippen LogP contribution in [0.3, 0.4) is 0 Å². The summed E-state index contributed by atoms with van der Waals surface area (Å²) in [6.45, 7) is 3.89. The molecule has 0 saturated carbocycles. The third-order valence-corrected chi connectivity index (χ3v) is 2.26. The number of nitrogens with zero attached hydrogens (tertiary/aromatic N) is 1. The second-order valence-electron chi connectivity index (χ2n) is 2.49. The van der Waals surface area contributed by atoms with Crippen LogP contribution in [0.4, 0.5) is 5.13 Å². The fourth-order valence-corrected chi connectivity index (χ4v) is 1.55. The van der Waals surface area contributed by atoms with Gasteiger partial charge >= 0.3 is 5.97 Å². The second kappa shape index (κ2) is 4.76. The lowest BCUT2D eigenvalue weighted by Crippen LogP contribution is -2.07. The highest BCUT2D eigenvalue weighted by molar-refractivity contribution is 7.13. The van der Waals surface area contributed by atoms with E-state index in [4.69, 9.17) is 10.5 Å². The SMILES string of the molecule is CC=C(C(=O)OCC)c1csc(N)n1. The van der Waals surface area contributed by atoms with Gasteiger partial charge in [0.05, 0.1) is 17.9 Å². The zero-order valence-corrected chi connectivity index (χ0v) is 8.93. The number of thiazole rings is 1. The Bertz CT molecular complexity index is 357. The smallest absolute Gasteiger partial charge is 0.340 e. The molecule has 0 aliphatic rings. The van der Waals surface area contributed by atoms with E-state index in [2.05, 4.69) is 4.98 Å². The molecule has 0 aliphatic carbocycles. The molecule has 2 N–H and O–H groups in total. The molecule has 0 atom stereocenters. The number of hydrogen-bond donors (Lipinski definition) is 1. The van der Waals surface area contributed by atoms with Gasteiger partial charge in [-0.25, -0.2) is 9.78 Å². The van der Waals surface area contributed by atoms with E-state index >= 15 is 0 Å². The number of rotatable bonds is 3. The van der Waals surface area contributed by atoms with Crippen molar-refractivity contribution in [1.82, 2.24) is 4.98 Å². The Labute approximate surface area is 86.4 Å². The molecular weight excluding hydrogens is 200 g/mol. The van der Waals surface area contributed by atoms with Crippen LogP contribution in [0.5, 0.6) is 0 Å². The van der Waals surface area contributed by atoms with Crippen LogP contribution in [-0.2, 0) is 9.53 Å². The number of aromatic nitrogens is 1. The van der Waals surface area contributed by atoms with E-state index in [0.717, 1.165) is 0 Å².